The third-order valence-electron chi connectivity index (χ3n) is 4.92. The van der Waals surface area contributed by atoms with Crippen molar-refractivity contribution in [3.63, 3.8) is 0 Å². The summed E-state index contributed by atoms with van der Waals surface area (Å²) in [5.74, 6) is -0.157. The van der Waals surface area contributed by atoms with E-state index in [1.54, 1.807) is 48.5 Å². The van der Waals surface area contributed by atoms with E-state index >= 15 is 0 Å². The largest absolute Gasteiger partial charge is 0.326 e. The van der Waals surface area contributed by atoms with Gasteiger partial charge in [0, 0.05) is 17.6 Å². The summed E-state index contributed by atoms with van der Waals surface area (Å²) < 4.78 is 29.2. The Hall–Kier alpha value is -3.86. The summed E-state index contributed by atoms with van der Waals surface area (Å²) in [5.41, 5.74) is 1.15. The van der Waals surface area contributed by atoms with Crippen molar-refractivity contribution in [3.8, 4) is 0 Å². The van der Waals surface area contributed by atoms with Crippen molar-refractivity contribution < 1.29 is 13.2 Å². The third kappa shape index (κ3) is 5.80. The first-order valence-corrected chi connectivity index (χ1v) is 12.3. The molecule has 4 rings (SSSR count). The van der Waals surface area contributed by atoms with Gasteiger partial charge in [0.2, 0.25) is 15.9 Å². The fourth-order valence-corrected chi connectivity index (χ4v) is 4.35. The van der Waals surface area contributed by atoms with Crippen molar-refractivity contribution in [2.45, 2.75) is 18.4 Å². The van der Waals surface area contributed by atoms with Crippen molar-refractivity contribution in [2.24, 2.45) is 5.10 Å². The van der Waals surface area contributed by atoms with Crippen molar-refractivity contribution in [3.05, 3.63) is 99.6 Å². The molecule has 0 unspecified atom stereocenters. The van der Waals surface area contributed by atoms with Crippen LogP contribution in [0.2, 0.25) is 5.02 Å². The van der Waals surface area contributed by atoms with E-state index in [-0.39, 0.29) is 23.2 Å². The van der Waals surface area contributed by atoms with Crippen LogP contribution in [0.25, 0.3) is 10.9 Å². The number of nitrogens with one attached hydrogen (secondary N) is 2. The number of para-hydroxylation sites is 1. The second-order valence-electron chi connectivity index (χ2n) is 7.49. The fourth-order valence-electron chi connectivity index (χ4n) is 3.24. The molecule has 1 amide bonds. The summed E-state index contributed by atoms with van der Waals surface area (Å²) in [6, 6.07) is 19.3. The van der Waals surface area contributed by atoms with Crippen molar-refractivity contribution in [2.75, 3.05) is 5.32 Å². The number of carbonyl (C=O) groups is 1. The van der Waals surface area contributed by atoms with Crippen LogP contribution in [0.1, 0.15) is 18.3 Å². The Balaban J connectivity index is 1.66. The van der Waals surface area contributed by atoms with Gasteiger partial charge in [0.25, 0.3) is 5.56 Å². The van der Waals surface area contributed by atoms with Crippen LogP contribution in [-0.2, 0) is 21.4 Å². The molecule has 0 aliphatic carbocycles. The molecular formula is C24H20ClN5O4S. The molecule has 1 heterocycles. The van der Waals surface area contributed by atoms with Crippen LogP contribution in [0, 0.1) is 0 Å². The van der Waals surface area contributed by atoms with Crippen LogP contribution in [0.15, 0.2) is 87.6 Å². The van der Waals surface area contributed by atoms with Crippen LogP contribution < -0.4 is 15.6 Å². The number of rotatable bonds is 7. The third-order valence-corrected chi connectivity index (χ3v) is 6.59. The Labute approximate surface area is 206 Å². The number of benzene rings is 3. The van der Waals surface area contributed by atoms with Crippen LogP contribution >= 0.6 is 11.6 Å². The van der Waals surface area contributed by atoms with Gasteiger partial charge >= 0.3 is 0 Å². The zero-order valence-electron chi connectivity index (χ0n) is 18.5. The smallest absolute Gasteiger partial charge is 0.282 e. The summed E-state index contributed by atoms with van der Waals surface area (Å²) in [6.07, 6.45) is 1.47. The van der Waals surface area contributed by atoms with Crippen LogP contribution in [0.5, 0.6) is 0 Å². The van der Waals surface area contributed by atoms with Gasteiger partial charge in [0.15, 0.2) is 0 Å². The number of aromatic nitrogens is 2. The maximum Gasteiger partial charge on any atom is 0.282 e. The number of anilines is 1. The molecule has 0 radical (unpaired) electrons. The molecule has 0 atom stereocenters. The summed E-state index contributed by atoms with van der Waals surface area (Å²) in [4.78, 5) is 28.7. The average molecular weight is 510 g/mol. The lowest BCUT2D eigenvalue weighted by Crippen LogP contribution is -2.29. The predicted octanol–water partition coefficient (Wildman–Crippen LogP) is 3.37. The highest BCUT2D eigenvalue weighted by atomic mass is 35.5. The minimum absolute atomic E-state index is 0.00838. The number of amides is 1. The van der Waals surface area contributed by atoms with Gasteiger partial charge in [-0.25, -0.2) is 18.1 Å². The number of nitrogens with zero attached hydrogens (tertiary/aromatic N) is 3. The second kappa shape index (κ2) is 10.2. The summed E-state index contributed by atoms with van der Waals surface area (Å²) in [7, 11) is -3.94. The second-order valence-corrected chi connectivity index (χ2v) is 9.69. The Morgan fingerprint density at radius 2 is 1.74 bits per heavy atom. The maximum absolute atomic E-state index is 13.1. The molecular weight excluding hydrogens is 490 g/mol. The molecule has 0 saturated carbocycles. The molecule has 35 heavy (non-hydrogen) atoms. The highest BCUT2D eigenvalue weighted by molar-refractivity contribution is 7.89. The lowest BCUT2D eigenvalue weighted by atomic mass is 10.2. The number of fused-ring (bicyclic) bond motifs is 1. The van der Waals surface area contributed by atoms with E-state index in [2.05, 4.69) is 20.1 Å². The molecule has 178 valence electrons. The maximum atomic E-state index is 13.1. The summed E-state index contributed by atoms with van der Waals surface area (Å²) in [6.45, 7) is 1.07. The van der Waals surface area contributed by atoms with Gasteiger partial charge in [-0.2, -0.15) is 9.78 Å². The van der Waals surface area contributed by atoms with E-state index < -0.39 is 15.6 Å². The molecule has 4 aromatic rings. The van der Waals surface area contributed by atoms with Gasteiger partial charge in [-0.15, -0.1) is 0 Å². The lowest BCUT2D eigenvalue weighted by Gasteiger charge is -2.11. The number of carbonyl (C=O) groups excluding carboxylic acids is 1. The average Bonchev–Trinajstić information content (AvgIpc) is 2.83. The highest BCUT2D eigenvalue weighted by Crippen LogP contribution is 2.15. The predicted molar refractivity (Wildman–Crippen MR) is 135 cm³/mol. The first-order chi connectivity index (χ1) is 16.7. The Morgan fingerprint density at radius 1 is 1.06 bits per heavy atom. The van der Waals surface area contributed by atoms with E-state index in [4.69, 9.17) is 11.6 Å². The monoisotopic (exact) mass is 509 g/mol. The molecule has 2 N–H and O–H groups in total. The van der Waals surface area contributed by atoms with Crippen molar-refractivity contribution in [1.82, 2.24) is 14.4 Å². The number of hydrogen-bond donors (Lipinski definition) is 2. The topological polar surface area (TPSA) is 123 Å². The molecule has 3 aromatic carbocycles. The first-order valence-electron chi connectivity index (χ1n) is 10.4. The molecule has 0 saturated heterocycles. The SMILES string of the molecule is CC(=O)Nc1ccc(S(=O)(=O)NCc2nc3ccccc3c(=O)n2/N=C/c2ccc(Cl)cc2)cc1. The lowest BCUT2D eigenvalue weighted by molar-refractivity contribution is -0.114. The zero-order valence-corrected chi connectivity index (χ0v) is 20.0. The van der Waals surface area contributed by atoms with E-state index in [9.17, 15) is 18.0 Å². The molecule has 0 spiro atoms. The summed E-state index contributed by atoms with van der Waals surface area (Å²) in [5, 5.41) is 7.75. The van der Waals surface area contributed by atoms with Crippen molar-refractivity contribution in [1.29, 1.82) is 0 Å². The Bertz CT molecular complexity index is 1580. The van der Waals surface area contributed by atoms with Crippen LogP contribution in [0.4, 0.5) is 5.69 Å². The quantitative estimate of drug-likeness (QED) is 0.370. The first kappa shape index (κ1) is 24.3. The minimum atomic E-state index is -3.94. The minimum Gasteiger partial charge on any atom is -0.326 e. The zero-order chi connectivity index (χ0) is 25.0. The Kier molecular flexibility index (Phi) is 7.06. The van der Waals surface area contributed by atoms with Gasteiger partial charge in [-0.3, -0.25) is 9.59 Å². The standard InChI is InChI=1S/C24H20ClN5O4S/c1-16(31)28-19-10-12-20(13-11-19)35(33,34)27-15-23-29-22-5-3-2-4-21(22)24(32)30(23)26-14-17-6-8-18(25)9-7-17/h2-14,27H,15H2,1H3,(H,28,31)/b26-14+. The van der Waals surface area contributed by atoms with E-state index in [0.29, 0.717) is 27.2 Å². The van der Waals surface area contributed by atoms with Gasteiger partial charge in [0.1, 0.15) is 5.82 Å². The molecule has 0 aliphatic heterocycles. The number of hydrogen-bond acceptors (Lipinski definition) is 6. The van der Waals surface area contributed by atoms with Crippen LogP contribution in [0.3, 0.4) is 0 Å². The molecule has 0 fully saturated rings. The normalized spacial score (nSPS) is 11.7. The number of halogens is 1. The molecule has 9 nitrogen and oxygen atoms in total. The molecule has 0 bridgehead atoms. The van der Waals surface area contributed by atoms with Gasteiger partial charge in [0.05, 0.1) is 28.6 Å². The van der Waals surface area contributed by atoms with Gasteiger partial charge in [-0.1, -0.05) is 35.9 Å². The fraction of sp³-hybridized carbons (Fsp3) is 0.0833. The molecule has 11 heteroatoms. The Morgan fingerprint density at radius 3 is 2.43 bits per heavy atom. The molecule has 1 aromatic heterocycles. The van der Waals surface area contributed by atoms with E-state index in [1.807, 2.05) is 0 Å². The number of sulfonamides is 1. The van der Waals surface area contributed by atoms with Crippen molar-refractivity contribution >= 4 is 50.3 Å². The molecule has 0 aliphatic rings. The van der Waals surface area contributed by atoms with Crippen LogP contribution in [-0.4, -0.2) is 30.2 Å². The van der Waals surface area contributed by atoms with E-state index in [1.165, 1.54) is 37.4 Å². The van der Waals surface area contributed by atoms with Gasteiger partial charge in [-0.05, 0) is 54.1 Å². The van der Waals surface area contributed by atoms with Gasteiger partial charge < -0.3 is 5.32 Å². The highest BCUT2D eigenvalue weighted by Gasteiger charge is 2.17. The summed E-state index contributed by atoms with van der Waals surface area (Å²) >= 11 is 5.92. The van der Waals surface area contributed by atoms with E-state index in [0.717, 1.165) is 4.68 Å².